The van der Waals surface area contributed by atoms with Gasteiger partial charge in [0.2, 0.25) is 5.88 Å². The lowest BCUT2D eigenvalue weighted by Gasteiger charge is -2.04. The van der Waals surface area contributed by atoms with Crippen LogP contribution in [0.1, 0.15) is 18.2 Å². The van der Waals surface area contributed by atoms with Crippen molar-refractivity contribution in [2.24, 2.45) is 0 Å². The Bertz CT molecular complexity index is 743. The predicted octanol–water partition coefficient (Wildman–Crippen LogP) is 4.12. The van der Waals surface area contributed by atoms with Crippen molar-refractivity contribution in [3.8, 4) is 22.7 Å². The zero-order valence-electron chi connectivity index (χ0n) is 12.2. The van der Waals surface area contributed by atoms with E-state index < -0.39 is 0 Å². The number of benzene rings is 2. The fourth-order valence-corrected chi connectivity index (χ4v) is 2.47. The number of para-hydroxylation sites is 1. The molecule has 0 aliphatic rings. The van der Waals surface area contributed by atoms with Crippen LogP contribution in [0.25, 0.3) is 16.8 Å². The Morgan fingerprint density at radius 1 is 1.00 bits per heavy atom. The average Bonchev–Trinajstić information content (AvgIpc) is 2.86. The molecular formula is C18H18N2O. The van der Waals surface area contributed by atoms with E-state index in [4.69, 9.17) is 0 Å². The van der Waals surface area contributed by atoms with Gasteiger partial charge in [-0.1, -0.05) is 55.0 Å². The van der Waals surface area contributed by atoms with Crippen LogP contribution < -0.4 is 0 Å². The van der Waals surface area contributed by atoms with E-state index in [0.29, 0.717) is 0 Å². The molecule has 0 aliphatic carbocycles. The molecule has 0 unspecified atom stereocenters. The van der Waals surface area contributed by atoms with Crippen LogP contribution in [0.3, 0.4) is 0 Å². The van der Waals surface area contributed by atoms with Crippen molar-refractivity contribution < 1.29 is 5.11 Å². The SMILES string of the molecule is CCc1nn(-c2ccccc2)c(O)c1-c1ccc(C)cc1. The molecule has 0 bridgehead atoms. The Morgan fingerprint density at radius 3 is 2.29 bits per heavy atom. The molecule has 0 amide bonds. The summed E-state index contributed by atoms with van der Waals surface area (Å²) < 4.78 is 1.61. The lowest BCUT2D eigenvalue weighted by Crippen LogP contribution is -1.95. The van der Waals surface area contributed by atoms with Gasteiger partial charge in [0.25, 0.3) is 0 Å². The van der Waals surface area contributed by atoms with Crippen LogP contribution in [0.4, 0.5) is 0 Å². The molecule has 1 aromatic heterocycles. The molecular weight excluding hydrogens is 260 g/mol. The highest BCUT2D eigenvalue weighted by Crippen LogP contribution is 2.34. The van der Waals surface area contributed by atoms with E-state index in [2.05, 4.69) is 18.9 Å². The molecule has 0 radical (unpaired) electrons. The molecule has 0 spiro atoms. The van der Waals surface area contributed by atoms with Crippen molar-refractivity contribution in [3.05, 3.63) is 65.9 Å². The molecule has 1 N–H and O–H groups in total. The van der Waals surface area contributed by atoms with Gasteiger partial charge in [0.1, 0.15) is 0 Å². The lowest BCUT2D eigenvalue weighted by atomic mass is 10.0. The Hall–Kier alpha value is -2.55. The summed E-state index contributed by atoms with van der Waals surface area (Å²) in [6.45, 7) is 4.10. The van der Waals surface area contributed by atoms with Gasteiger partial charge in [0.05, 0.1) is 16.9 Å². The topological polar surface area (TPSA) is 38.0 Å². The highest BCUT2D eigenvalue weighted by atomic mass is 16.3. The van der Waals surface area contributed by atoms with Crippen LogP contribution in [0.15, 0.2) is 54.6 Å². The summed E-state index contributed by atoms with van der Waals surface area (Å²) in [5.74, 6) is 0.196. The van der Waals surface area contributed by atoms with Crippen molar-refractivity contribution in [2.75, 3.05) is 0 Å². The Kier molecular flexibility index (Phi) is 3.48. The zero-order chi connectivity index (χ0) is 14.8. The highest BCUT2D eigenvalue weighted by molar-refractivity contribution is 5.72. The van der Waals surface area contributed by atoms with Crippen LogP contribution in [-0.4, -0.2) is 14.9 Å². The molecule has 0 fully saturated rings. The number of hydrogen-bond acceptors (Lipinski definition) is 2. The van der Waals surface area contributed by atoms with Gasteiger partial charge >= 0.3 is 0 Å². The van der Waals surface area contributed by atoms with Crippen molar-refractivity contribution in [1.29, 1.82) is 0 Å². The normalized spacial score (nSPS) is 10.8. The quantitative estimate of drug-likeness (QED) is 0.782. The van der Waals surface area contributed by atoms with Gasteiger partial charge < -0.3 is 5.11 Å². The summed E-state index contributed by atoms with van der Waals surface area (Å²) in [5.41, 5.74) is 4.79. The first-order valence-corrected chi connectivity index (χ1v) is 7.14. The Balaban J connectivity index is 2.17. The van der Waals surface area contributed by atoms with E-state index in [1.807, 2.05) is 54.6 Å². The fourth-order valence-electron chi connectivity index (χ4n) is 2.47. The molecule has 2 aromatic carbocycles. The second-order valence-electron chi connectivity index (χ2n) is 5.11. The third-order valence-corrected chi connectivity index (χ3v) is 3.61. The molecule has 0 saturated heterocycles. The molecule has 3 nitrogen and oxygen atoms in total. The molecule has 3 rings (SSSR count). The van der Waals surface area contributed by atoms with Crippen molar-refractivity contribution in [2.45, 2.75) is 20.3 Å². The molecule has 21 heavy (non-hydrogen) atoms. The smallest absolute Gasteiger partial charge is 0.222 e. The van der Waals surface area contributed by atoms with E-state index in [-0.39, 0.29) is 5.88 Å². The second-order valence-corrected chi connectivity index (χ2v) is 5.11. The third-order valence-electron chi connectivity index (χ3n) is 3.61. The summed E-state index contributed by atoms with van der Waals surface area (Å²) in [7, 11) is 0. The molecule has 3 aromatic rings. The predicted molar refractivity (Wildman–Crippen MR) is 84.8 cm³/mol. The summed E-state index contributed by atoms with van der Waals surface area (Å²) in [6, 6.07) is 17.9. The van der Waals surface area contributed by atoms with Crippen molar-refractivity contribution in [1.82, 2.24) is 9.78 Å². The van der Waals surface area contributed by atoms with Gasteiger partial charge in [-0.25, -0.2) is 4.68 Å². The standard InChI is InChI=1S/C18H18N2O/c1-3-16-17(14-11-9-13(2)10-12-14)18(21)20(19-16)15-7-5-4-6-8-15/h4-12,21H,3H2,1-2H3. The van der Waals surface area contributed by atoms with Gasteiger partial charge in [-0.05, 0) is 31.0 Å². The zero-order valence-corrected chi connectivity index (χ0v) is 12.2. The first kappa shape index (κ1) is 13.4. The van der Waals surface area contributed by atoms with E-state index in [9.17, 15) is 5.11 Å². The van der Waals surface area contributed by atoms with Crippen LogP contribution >= 0.6 is 0 Å². The Labute approximate surface area is 124 Å². The van der Waals surface area contributed by atoms with Crippen molar-refractivity contribution in [3.63, 3.8) is 0 Å². The van der Waals surface area contributed by atoms with Gasteiger partial charge in [-0.2, -0.15) is 5.10 Å². The summed E-state index contributed by atoms with van der Waals surface area (Å²) in [6.07, 6.45) is 0.774. The highest BCUT2D eigenvalue weighted by Gasteiger charge is 2.18. The molecule has 106 valence electrons. The third kappa shape index (κ3) is 2.42. The fraction of sp³-hybridized carbons (Fsp3) is 0.167. The van der Waals surface area contributed by atoms with E-state index in [1.54, 1.807) is 4.68 Å². The number of rotatable bonds is 3. The van der Waals surface area contributed by atoms with Crippen LogP contribution in [0, 0.1) is 6.92 Å². The molecule has 0 aliphatic heterocycles. The maximum absolute atomic E-state index is 10.6. The van der Waals surface area contributed by atoms with E-state index >= 15 is 0 Å². The second kappa shape index (κ2) is 5.44. The van der Waals surface area contributed by atoms with Crippen molar-refractivity contribution >= 4 is 0 Å². The number of nitrogens with zero attached hydrogens (tertiary/aromatic N) is 2. The molecule has 0 saturated carbocycles. The lowest BCUT2D eigenvalue weighted by molar-refractivity contribution is 0.435. The van der Waals surface area contributed by atoms with Crippen LogP contribution in [-0.2, 0) is 6.42 Å². The number of aromatic nitrogens is 2. The van der Waals surface area contributed by atoms with Gasteiger partial charge in [-0.15, -0.1) is 0 Å². The van der Waals surface area contributed by atoms with Crippen LogP contribution in [0.2, 0.25) is 0 Å². The molecule has 3 heteroatoms. The van der Waals surface area contributed by atoms with E-state index in [1.165, 1.54) is 5.56 Å². The number of aromatic hydroxyl groups is 1. The molecule has 1 heterocycles. The van der Waals surface area contributed by atoms with Gasteiger partial charge in [0.15, 0.2) is 0 Å². The number of hydrogen-bond donors (Lipinski definition) is 1. The average molecular weight is 278 g/mol. The first-order chi connectivity index (χ1) is 10.2. The van der Waals surface area contributed by atoms with Crippen LogP contribution in [0.5, 0.6) is 5.88 Å². The minimum absolute atomic E-state index is 0.196. The molecule has 0 atom stereocenters. The van der Waals surface area contributed by atoms with E-state index in [0.717, 1.165) is 28.9 Å². The number of aryl methyl sites for hydroxylation is 2. The largest absolute Gasteiger partial charge is 0.493 e. The van der Waals surface area contributed by atoms with Gasteiger partial charge in [-0.3, -0.25) is 0 Å². The minimum Gasteiger partial charge on any atom is -0.493 e. The Morgan fingerprint density at radius 2 is 1.67 bits per heavy atom. The maximum atomic E-state index is 10.6. The summed E-state index contributed by atoms with van der Waals surface area (Å²) in [4.78, 5) is 0. The summed E-state index contributed by atoms with van der Waals surface area (Å²) >= 11 is 0. The monoisotopic (exact) mass is 278 g/mol. The maximum Gasteiger partial charge on any atom is 0.222 e. The first-order valence-electron chi connectivity index (χ1n) is 7.14. The summed E-state index contributed by atoms with van der Waals surface area (Å²) in [5, 5.41) is 15.2. The minimum atomic E-state index is 0.196. The van der Waals surface area contributed by atoms with Gasteiger partial charge in [0, 0.05) is 0 Å².